The Morgan fingerprint density at radius 3 is 2.37 bits per heavy atom. The van der Waals surface area contributed by atoms with Crippen molar-refractivity contribution < 1.29 is 18.8 Å². The second kappa shape index (κ2) is 9.94. The van der Waals surface area contributed by atoms with Gasteiger partial charge in [0, 0.05) is 37.7 Å². The Hall–Kier alpha value is -3.61. The van der Waals surface area contributed by atoms with Crippen LogP contribution < -0.4 is 4.74 Å². The van der Waals surface area contributed by atoms with Crippen molar-refractivity contribution in [3.8, 4) is 5.75 Å². The minimum absolute atomic E-state index is 0.0000670. The van der Waals surface area contributed by atoms with Crippen LogP contribution in [0.1, 0.15) is 51.3 Å². The second-order valence-electron chi connectivity index (χ2n) is 9.46. The molecule has 2 aromatic carbocycles. The number of amides is 2. The van der Waals surface area contributed by atoms with Crippen molar-refractivity contribution >= 4 is 11.8 Å². The number of piperidine rings is 1. The predicted octanol–water partition coefficient (Wildman–Crippen LogP) is 4.31. The van der Waals surface area contributed by atoms with E-state index >= 15 is 0 Å². The summed E-state index contributed by atoms with van der Waals surface area (Å²) in [4.78, 5) is 30.0. The number of benzene rings is 2. The Balaban J connectivity index is 1.12. The third kappa shape index (κ3) is 4.94. The van der Waals surface area contributed by atoms with Gasteiger partial charge in [-0.1, -0.05) is 29.4 Å². The minimum atomic E-state index is -0.00980. The maximum absolute atomic E-state index is 13.1. The summed E-state index contributed by atoms with van der Waals surface area (Å²) in [5, 5.41) is 3.94. The molecule has 1 fully saturated rings. The molecule has 2 aliphatic rings. The van der Waals surface area contributed by atoms with Gasteiger partial charge in [-0.05, 0) is 68.5 Å². The molecule has 5 rings (SSSR count). The fourth-order valence-electron chi connectivity index (χ4n) is 5.01. The van der Waals surface area contributed by atoms with E-state index in [4.69, 9.17) is 9.26 Å². The topological polar surface area (TPSA) is 75.9 Å². The van der Waals surface area contributed by atoms with Crippen molar-refractivity contribution in [2.45, 2.75) is 46.3 Å². The average Bonchev–Trinajstić information content (AvgIpc) is 3.23. The lowest BCUT2D eigenvalue weighted by atomic mass is 9.92. The smallest absolute Gasteiger partial charge is 0.253 e. The number of carbonyl (C=O) groups excluding carboxylic acids is 2. The van der Waals surface area contributed by atoms with Crippen LogP contribution in [-0.2, 0) is 24.4 Å². The lowest BCUT2D eigenvalue weighted by Gasteiger charge is -2.36. The molecule has 2 amide bonds. The van der Waals surface area contributed by atoms with Gasteiger partial charge in [0.1, 0.15) is 18.1 Å². The molecule has 182 valence electrons. The Bertz CT molecular complexity index is 1190. The molecular formula is C28H31N3O4. The highest BCUT2D eigenvalue weighted by Crippen LogP contribution is 2.26. The van der Waals surface area contributed by atoms with Crippen molar-refractivity contribution in [3.05, 3.63) is 82.2 Å². The molecule has 0 bridgehead atoms. The van der Waals surface area contributed by atoms with Gasteiger partial charge in [0.05, 0.1) is 11.3 Å². The predicted molar refractivity (Wildman–Crippen MR) is 131 cm³/mol. The summed E-state index contributed by atoms with van der Waals surface area (Å²) in [6, 6.07) is 15.6. The molecule has 0 aliphatic carbocycles. The molecule has 35 heavy (non-hydrogen) atoms. The van der Waals surface area contributed by atoms with Crippen LogP contribution >= 0.6 is 0 Å². The zero-order valence-corrected chi connectivity index (χ0v) is 20.3. The van der Waals surface area contributed by atoms with Crippen molar-refractivity contribution in [1.82, 2.24) is 15.0 Å². The molecule has 1 saturated heterocycles. The van der Waals surface area contributed by atoms with E-state index in [0.717, 1.165) is 30.0 Å². The van der Waals surface area contributed by atoms with Crippen molar-refractivity contribution in [3.63, 3.8) is 0 Å². The molecule has 1 aromatic heterocycles. The van der Waals surface area contributed by atoms with E-state index < -0.39 is 0 Å². The molecule has 7 nitrogen and oxygen atoms in total. The number of rotatable bonds is 5. The van der Waals surface area contributed by atoms with Crippen LogP contribution in [-0.4, -0.2) is 46.4 Å². The molecule has 0 N–H and O–H groups in total. The number of hydrogen-bond donors (Lipinski definition) is 0. The molecule has 3 heterocycles. The number of hydrogen-bond acceptors (Lipinski definition) is 5. The first kappa shape index (κ1) is 23.1. The van der Waals surface area contributed by atoms with Crippen LogP contribution in [0.5, 0.6) is 5.75 Å². The monoisotopic (exact) mass is 473 g/mol. The molecule has 0 atom stereocenters. The zero-order chi connectivity index (χ0) is 24.4. The molecule has 3 aromatic rings. The third-order valence-corrected chi connectivity index (χ3v) is 7.24. The Morgan fingerprint density at radius 1 is 0.971 bits per heavy atom. The first-order chi connectivity index (χ1) is 17.0. The minimum Gasteiger partial charge on any atom is -0.489 e. The fourth-order valence-corrected chi connectivity index (χ4v) is 5.01. The number of aromatic nitrogens is 1. The summed E-state index contributed by atoms with van der Waals surface area (Å²) in [6.45, 7) is 6.80. The summed E-state index contributed by atoms with van der Waals surface area (Å²) in [7, 11) is 0. The van der Waals surface area contributed by atoms with Gasteiger partial charge in [0.25, 0.3) is 5.91 Å². The lowest BCUT2D eigenvalue weighted by Crippen LogP contribution is -2.45. The SMILES string of the molecule is Cc1noc(C)c1COc1ccc(C(=O)N2CCC(C(=O)N3CCc4ccccc4C3)CC2)cc1. The van der Waals surface area contributed by atoms with Crippen molar-refractivity contribution in [2.75, 3.05) is 19.6 Å². The van der Waals surface area contributed by atoms with Gasteiger partial charge in [-0.3, -0.25) is 9.59 Å². The summed E-state index contributed by atoms with van der Waals surface area (Å²) in [5.74, 6) is 1.66. The first-order valence-electron chi connectivity index (χ1n) is 12.3. The first-order valence-corrected chi connectivity index (χ1v) is 12.3. The van der Waals surface area contributed by atoms with Crippen LogP contribution in [0.15, 0.2) is 53.1 Å². The van der Waals surface area contributed by atoms with Gasteiger partial charge in [-0.15, -0.1) is 0 Å². The highest BCUT2D eigenvalue weighted by molar-refractivity contribution is 5.94. The number of aryl methyl sites for hydroxylation is 2. The summed E-state index contributed by atoms with van der Waals surface area (Å²) in [6.07, 6.45) is 2.33. The number of ether oxygens (including phenoxy) is 1. The highest BCUT2D eigenvalue weighted by atomic mass is 16.5. The normalized spacial score (nSPS) is 16.2. The molecule has 0 unspecified atom stereocenters. The molecule has 7 heteroatoms. The number of carbonyl (C=O) groups is 2. The van der Waals surface area contributed by atoms with Gasteiger partial charge in [0.15, 0.2) is 0 Å². The standard InChI is InChI=1S/C28H31N3O4/c1-19-26(20(2)35-29-19)18-34-25-9-7-22(8-10-25)27(32)30-14-12-23(13-15-30)28(33)31-16-11-21-5-3-4-6-24(21)17-31/h3-10,23H,11-18H2,1-2H3. The zero-order valence-electron chi connectivity index (χ0n) is 20.3. The molecule has 0 spiro atoms. The summed E-state index contributed by atoms with van der Waals surface area (Å²) < 4.78 is 11.0. The summed E-state index contributed by atoms with van der Waals surface area (Å²) >= 11 is 0. The van der Waals surface area contributed by atoms with Gasteiger partial charge in [0.2, 0.25) is 5.91 Å². The van der Waals surface area contributed by atoms with Crippen molar-refractivity contribution in [1.29, 1.82) is 0 Å². The number of nitrogens with zero attached hydrogens (tertiary/aromatic N) is 3. The van der Waals surface area contributed by atoms with E-state index in [2.05, 4.69) is 23.4 Å². The molecule has 0 saturated carbocycles. The lowest BCUT2D eigenvalue weighted by molar-refractivity contribution is -0.137. The molecular weight excluding hydrogens is 442 g/mol. The van der Waals surface area contributed by atoms with Crippen LogP contribution in [0.25, 0.3) is 0 Å². The third-order valence-electron chi connectivity index (χ3n) is 7.24. The maximum Gasteiger partial charge on any atom is 0.253 e. The molecule has 0 radical (unpaired) electrons. The van der Waals surface area contributed by atoms with Crippen LogP contribution in [0.2, 0.25) is 0 Å². The Morgan fingerprint density at radius 2 is 1.69 bits per heavy atom. The van der Waals surface area contributed by atoms with E-state index in [0.29, 0.717) is 50.4 Å². The van der Waals surface area contributed by atoms with Crippen LogP contribution in [0, 0.1) is 19.8 Å². The van der Waals surface area contributed by atoms with Crippen LogP contribution in [0.4, 0.5) is 0 Å². The van der Waals surface area contributed by atoms with Gasteiger partial charge in [-0.25, -0.2) is 0 Å². The fraction of sp³-hybridized carbons (Fsp3) is 0.393. The quantitative estimate of drug-likeness (QED) is 0.552. The van der Waals surface area contributed by atoms with Crippen molar-refractivity contribution in [2.24, 2.45) is 5.92 Å². The van der Waals surface area contributed by atoms with E-state index in [9.17, 15) is 9.59 Å². The molecule has 2 aliphatic heterocycles. The van der Waals surface area contributed by atoms with E-state index in [1.807, 2.05) is 41.8 Å². The van der Waals surface area contributed by atoms with Crippen LogP contribution in [0.3, 0.4) is 0 Å². The average molecular weight is 474 g/mol. The Kier molecular flexibility index (Phi) is 6.57. The largest absolute Gasteiger partial charge is 0.489 e. The van der Waals surface area contributed by atoms with Gasteiger partial charge >= 0.3 is 0 Å². The Labute approximate surface area is 205 Å². The highest BCUT2D eigenvalue weighted by Gasteiger charge is 2.31. The number of likely N-dealkylation sites (tertiary alicyclic amines) is 1. The summed E-state index contributed by atoms with van der Waals surface area (Å²) in [5.41, 5.74) is 4.99. The van der Waals surface area contributed by atoms with Gasteiger partial charge < -0.3 is 19.1 Å². The van der Waals surface area contributed by atoms with E-state index in [1.165, 1.54) is 11.1 Å². The van der Waals surface area contributed by atoms with E-state index in [1.54, 1.807) is 12.1 Å². The maximum atomic E-state index is 13.1. The van der Waals surface area contributed by atoms with Gasteiger partial charge in [-0.2, -0.15) is 0 Å². The second-order valence-corrected chi connectivity index (χ2v) is 9.46. The number of fused-ring (bicyclic) bond motifs is 1. The van der Waals surface area contributed by atoms with E-state index in [-0.39, 0.29) is 17.7 Å².